The molecule has 0 aromatic heterocycles. The maximum atomic E-state index is 12.9. The van der Waals surface area contributed by atoms with Gasteiger partial charge in [-0.15, -0.1) is 0 Å². The van der Waals surface area contributed by atoms with Gasteiger partial charge >= 0.3 is 19.8 Å². The summed E-state index contributed by atoms with van der Waals surface area (Å²) in [5.74, 6) is -1.16. The molecule has 0 heterocycles. The normalized spacial score (nSPS) is 13.2. The second kappa shape index (κ2) is 11.5. The summed E-state index contributed by atoms with van der Waals surface area (Å²) in [6.07, 6.45) is -4.28. The number of hydrogen-bond donors (Lipinski definition) is 3. The lowest BCUT2D eigenvalue weighted by atomic mass is 10.0. The molecule has 2 atom stereocenters. The molecule has 3 N–H and O–H groups in total. The molecule has 2 aromatic carbocycles. The Hall–Kier alpha value is -3.05. The Morgan fingerprint density at radius 2 is 1.50 bits per heavy atom. The smallest absolute Gasteiger partial charge is 0.416 e. The molecule has 0 unspecified atom stereocenters. The van der Waals surface area contributed by atoms with Crippen molar-refractivity contribution in [2.24, 2.45) is 0 Å². The number of alkyl halides is 3. The Morgan fingerprint density at radius 3 is 2.00 bits per heavy atom. The number of rotatable bonds is 10. The fraction of sp³-hybridized carbons (Fsp3) is 0.333. The van der Waals surface area contributed by atoms with Crippen LogP contribution in [-0.4, -0.2) is 50.9 Å². The Morgan fingerprint density at radius 1 is 0.969 bits per heavy atom. The SMILES string of the molecule is COBN[C@@H](Cc1ccc(O)cc1)C(=O)N[C@@H](Cc1ccc(C(F)(F)F)cc1)C(=O)OC. The van der Waals surface area contributed by atoms with Crippen molar-refractivity contribution in [3.05, 3.63) is 65.2 Å². The summed E-state index contributed by atoms with van der Waals surface area (Å²) in [6.45, 7) is 0. The first-order valence-electron chi connectivity index (χ1n) is 9.68. The number of halogens is 3. The molecular formula is C21H24BF3N2O5. The van der Waals surface area contributed by atoms with Crippen LogP contribution >= 0.6 is 0 Å². The third kappa shape index (κ3) is 7.58. The number of amides is 1. The highest BCUT2D eigenvalue weighted by atomic mass is 19.4. The number of phenolic OH excluding ortho intramolecular Hbond substituents is 1. The summed E-state index contributed by atoms with van der Waals surface area (Å²) >= 11 is 0. The Balaban J connectivity index is 2.14. The number of phenols is 1. The number of esters is 1. The number of methoxy groups -OCH3 is 1. The second-order valence-corrected chi connectivity index (χ2v) is 7.04. The molecule has 2 aromatic rings. The summed E-state index contributed by atoms with van der Waals surface area (Å²) < 4.78 is 48.0. The molecule has 0 aliphatic carbocycles. The number of ether oxygens (including phenoxy) is 1. The average Bonchev–Trinajstić information content (AvgIpc) is 2.76. The number of nitrogens with one attached hydrogen (secondary N) is 2. The molecule has 2 rings (SSSR count). The molecule has 7 nitrogen and oxygen atoms in total. The van der Waals surface area contributed by atoms with E-state index in [0.29, 0.717) is 5.56 Å². The second-order valence-electron chi connectivity index (χ2n) is 7.04. The monoisotopic (exact) mass is 452 g/mol. The Kier molecular flexibility index (Phi) is 9.09. The van der Waals surface area contributed by atoms with Crippen molar-refractivity contribution < 1.29 is 37.3 Å². The molecule has 0 spiro atoms. The van der Waals surface area contributed by atoms with Gasteiger partial charge in [0.15, 0.2) is 0 Å². The Bertz CT molecular complexity index is 892. The minimum Gasteiger partial charge on any atom is -0.508 e. The van der Waals surface area contributed by atoms with Gasteiger partial charge < -0.3 is 25.0 Å². The summed E-state index contributed by atoms with van der Waals surface area (Å²) in [4.78, 5) is 25.1. The lowest BCUT2D eigenvalue weighted by Crippen LogP contribution is -2.53. The van der Waals surface area contributed by atoms with Crippen molar-refractivity contribution in [2.75, 3.05) is 14.2 Å². The zero-order valence-corrected chi connectivity index (χ0v) is 17.6. The van der Waals surface area contributed by atoms with E-state index >= 15 is 0 Å². The quantitative estimate of drug-likeness (QED) is 0.376. The van der Waals surface area contributed by atoms with Crippen LogP contribution in [0.2, 0.25) is 0 Å². The van der Waals surface area contributed by atoms with Crippen molar-refractivity contribution in [1.29, 1.82) is 0 Å². The summed E-state index contributed by atoms with van der Waals surface area (Å²) in [5.41, 5.74) is 0.371. The molecule has 0 radical (unpaired) electrons. The summed E-state index contributed by atoms with van der Waals surface area (Å²) in [6, 6.07) is 8.75. The fourth-order valence-corrected chi connectivity index (χ4v) is 2.98. The van der Waals surface area contributed by atoms with Gasteiger partial charge in [0.1, 0.15) is 11.8 Å². The molecule has 0 fully saturated rings. The van der Waals surface area contributed by atoms with E-state index in [1.54, 1.807) is 12.1 Å². The number of carbonyl (C=O) groups excluding carboxylic acids is 2. The summed E-state index contributed by atoms with van der Waals surface area (Å²) in [5, 5.41) is 14.9. The van der Waals surface area contributed by atoms with Gasteiger partial charge in [-0.25, -0.2) is 4.79 Å². The van der Waals surface area contributed by atoms with Gasteiger partial charge in [-0.1, -0.05) is 24.3 Å². The van der Waals surface area contributed by atoms with E-state index in [2.05, 4.69) is 10.5 Å². The standard InChI is InChI=1S/C21H24BF3N2O5/c1-31-20(30)18(12-13-3-7-15(8-4-13)21(23,24)25)26-19(29)17(27-22-32-2)11-14-5-9-16(28)10-6-14/h3-10,17-18,22,27-28H,11-12H2,1-2H3,(H,26,29)/t17-,18-/m0/s1. The molecule has 0 aliphatic heterocycles. The number of aromatic hydroxyl groups is 1. The maximum Gasteiger partial charge on any atom is 0.416 e. The van der Waals surface area contributed by atoms with Crippen LogP contribution in [-0.2, 0) is 38.0 Å². The van der Waals surface area contributed by atoms with Gasteiger partial charge in [0.2, 0.25) is 5.91 Å². The van der Waals surface area contributed by atoms with Gasteiger partial charge in [0.05, 0.1) is 18.7 Å². The minimum atomic E-state index is -4.47. The topological polar surface area (TPSA) is 96.9 Å². The van der Waals surface area contributed by atoms with Crippen LogP contribution in [0.25, 0.3) is 0 Å². The van der Waals surface area contributed by atoms with E-state index in [-0.39, 0.29) is 26.2 Å². The van der Waals surface area contributed by atoms with Crippen molar-refractivity contribution >= 4 is 19.5 Å². The van der Waals surface area contributed by atoms with Crippen LogP contribution in [0.15, 0.2) is 48.5 Å². The summed E-state index contributed by atoms with van der Waals surface area (Å²) in [7, 11) is 2.67. The number of benzene rings is 2. The predicted octanol–water partition coefficient (Wildman–Crippen LogP) is 1.73. The third-order valence-corrected chi connectivity index (χ3v) is 4.69. The van der Waals surface area contributed by atoms with Crippen LogP contribution in [0, 0.1) is 0 Å². The zero-order valence-electron chi connectivity index (χ0n) is 17.6. The van der Waals surface area contributed by atoms with Crippen molar-refractivity contribution in [2.45, 2.75) is 31.1 Å². The molecule has 1 amide bonds. The minimum absolute atomic E-state index is 0.0489. The lowest BCUT2D eigenvalue weighted by Gasteiger charge is -2.22. The molecule has 172 valence electrons. The van der Waals surface area contributed by atoms with Gasteiger partial charge in [-0.05, 0) is 41.8 Å². The molecular weight excluding hydrogens is 428 g/mol. The first-order valence-corrected chi connectivity index (χ1v) is 9.68. The first kappa shape index (κ1) is 25.2. The molecule has 0 saturated carbocycles. The van der Waals surface area contributed by atoms with Crippen molar-refractivity contribution in [3.8, 4) is 5.75 Å². The zero-order chi connectivity index (χ0) is 23.7. The van der Waals surface area contributed by atoms with Crippen LogP contribution < -0.4 is 10.5 Å². The van der Waals surface area contributed by atoms with E-state index in [4.69, 9.17) is 9.39 Å². The molecule has 0 aliphatic rings. The highest BCUT2D eigenvalue weighted by Gasteiger charge is 2.31. The van der Waals surface area contributed by atoms with E-state index in [1.165, 1.54) is 31.4 Å². The third-order valence-electron chi connectivity index (χ3n) is 4.69. The van der Waals surface area contributed by atoms with Crippen LogP contribution in [0.1, 0.15) is 16.7 Å². The predicted molar refractivity (Wildman–Crippen MR) is 112 cm³/mol. The van der Waals surface area contributed by atoms with Crippen molar-refractivity contribution in [1.82, 2.24) is 10.5 Å². The number of hydrogen-bond acceptors (Lipinski definition) is 6. The van der Waals surface area contributed by atoms with Crippen molar-refractivity contribution in [3.63, 3.8) is 0 Å². The largest absolute Gasteiger partial charge is 0.508 e. The maximum absolute atomic E-state index is 12.9. The highest BCUT2D eigenvalue weighted by Crippen LogP contribution is 2.29. The van der Waals surface area contributed by atoms with Gasteiger partial charge in [-0.2, -0.15) is 13.2 Å². The van der Waals surface area contributed by atoms with Crippen LogP contribution in [0.4, 0.5) is 13.2 Å². The molecule has 11 heteroatoms. The van der Waals surface area contributed by atoms with Crippen LogP contribution in [0.5, 0.6) is 5.75 Å². The van der Waals surface area contributed by atoms with Gasteiger partial charge in [0, 0.05) is 13.5 Å². The fourth-order valence-electron chi connectivity index (χ4n) is 2.98. The first-order chi connectivity index (χ1) is 15.1. The molecule has 0 bridgehead atoms. The van der Waals surface area contributed by atoms with E-state index in [9.17, 15) is 27.9 Å². The molecule has 32 heavy (non-hydrogen) atoms. The lowest BCUT2D eigenvalue weighted by molar-refractivity contribution is -0.145. The molecule has 0 saturated heterocycles. The van der Waals surface area contributed by atoms with Crippen LogP contribution in [0.3, 0.4) is 0 Å². The van der Waals surface area contributed by atoms with E-state index < -0.39 is 35.7 Å². The average molecular weight is 452 g/mol. The van der Waals surface area contributed by atoms with Gasteiger partial charge in [0.25, 0.3) is 0 Å². The number of carbonyl (C=O) groups is 2. The van der Waals surface area contributed by atoms with Gasteiger partial charge in [-0.3, -0.25) is 4.79 Å². The Labute approximate surface area is 184 Å². The van der Waals surface area contributed by atoms with E-state index in [0.717, 1.165) is 24.8 Å². The van der Waals surface area contributed by atoms with E-state index in [1.807, 2.05) is 0 Å². The highest BCUT2D eigenvalue weighted by molar-refractivity contribution is 6.24.